The third-order valence-corrected chi connectivity index (χ3v) is 6.10. The van der Waals surface area contributed by atoms with E-state index in [2.05, 4.69) is 0 Å². The summed E-state index contributed by atoms with van der Waals surface area (Å²) in [4.78, 5) is 0. The van der Waals surface area contributed by atoms with Crippen LogP contribution in [0.25, 0.3) is 0 Å². The van der Waals surface area contributed by atoms with Crippen LogP contribution in [0.15, 0.2) is 84.9 Å². The number of rotatable bonds is 8. The van der Waals surface area contributed by atoms with Crippen LogP contribution in [0.3, 0.4) is 0 Å². The van der Waals surface area contributed by atoms with Gasteiger partial charge in [-0.15, -0.1) is 0 Å². The topological polar surface area (TPSA) is 162 Å². The Labute approximate surface area is 220 Å². The van der Waals surface area contributed by atoms with Crippen molar-refractivity contribution < 1.29 is 40.9 Å². The zero-order chi connectivity index (χ0) is 27.7. The van der Waals surface area contributed by atoms with E-state index in [0.29, 0.717) is 36.8 Å². The number of aliphatic hydroxyl groups excluding tert-OH is 2. The van der Waals surface area contributed by atoms with E-state index < -0.39 is 12.2 Å². The van der Waals surface area contributed by atoms with E-state index in [-0.39, 0.29) is 34.5 Å². The number of phenols is 6. The van der Waals surface area contributed by atoms with E-state index in [0.717, 1.165) is 11.1 Å². The highest BCUT2D eigenvalue weighted by atomic mass is 16.3. The number of aromatic hydroxyl groups is 6. The fourth-order valence-electron chi connectivity index (χ4n) is 3.97. The van der Waals surface area contributed by atoms with Crippen molar-refractivity contribution >= 4 is 0 Å². The van der Waals surface area contributed by atoms with Crippen LogP contribution in [-0.4, -0.2) is 40.9 Å². The summed E-state index contributed by atoms with van der Waals surface area (Å²) in [7, 11) is 0. The molecule has 0 saturated heterocycles. The lowest BCUT2D eigenvalue weighted by atomic mass is 10.00. The molecule has 200 valence electrons. The van der Waals surface area contributed by atoms with Crippen LogP contribution in [0.2, 0.25) is 0 Å². The first-order valence-electron chi connectivity index (χ1n) is 12.1. The van der Waals surface area contributed by atoms with Gasteiger partial charge in [0.1, 0.15) is 34.5 Å². The first-order chi connectivity index (χ1) is 18.2. The smallest absolute Gasteiger partial charge is 0.125 e. The lowest BCUT2D eigenvalue weighted by Gasteiger charge is -2.13. The molecule has 0 fully saturated rings. The highest BCUT2D eigenvalue weighted by molar-refractivity contribution is 5.41. The minimum Gasteiger partial charge on any atom is -0.508 e. The maximum Gasteiger partial charge on any atom is 0.125 e. The maximum absolute atomic E-state index is 10.0. The molecule has 0 spiro atoms. The molecule has 8 nitrogen and oxygen atoms in total. The van der Waals surface area contributed by atoms with Gasteiger partial charge in [0.25, 0.3) is 0 Å². The molecule has 38 heavy (non-hydrogen) atoms. The summed E-state index contributed by atoms with van der Waals surface area (Å²) in [6, 6.07) is 22.1. The highest BCUT2D eigenvalue weighted by Gasteiger charge is 2.15. The predicted octanol–water partition coefficient (Wildman–Crippen LogP) is 4.94. The Hall–Kier alpha value is -4.40. The molecule has 0 aliphatic carbocycles. The van der Waals surface area contributed by atoms with Crippen LogP contribution in [0.1, 0.15) is 47.3 Å². The fraction of sp³-hybridized carbons (Fsp3) is 0.200. The summed E-state index contributed by atoms with van der Waals surface area (Å²) in [6.45, 7) is 0. The average molecular weight is 521 g/mol. The lowest BCUT2D eigenvalue weighted by Crippen LogP contribution is -2.00. The molecule has 4 aromatic carbocycles. The van der Waals surface area contributed by atoms with Gasteiger partial charge in [-0.1, -0.05) is 36.4 Å². The van der Waals surface area contributed by atoms with Crippen LogP contribution < -0.4 is 0 Å². The van der Waals surface area contributed by atoms with Gasteiger partial charge in [0.05, 0.1) is 12.2 Å². The molecule has 4 rings (SSSR count). The van der Waals surface area contributed by atoms with E-state index in [1.807, 2.05) is 12.1 Å². The number of phenolic OH excluding ortho intramolecular Hbond substituents is 6. The Morgan fingerprint density at radius 3 is 1.16 bits per heavy atom. The van der Waals surface area contributed by atoms with E-state index >= 15 is 0 Å². The number of hydrogen-bond acceptors (Lipinski definition) is 8. The van der Waals surface area contributed by atoms with Crippen molar-refractivity contribution in [2.45, 2.75) is 37.9 Å². The van der Waals surface area contributed by atoms with Gasteiger partial charge < -0.3 is 40.9 Å². The first-order valence-corrected chi connectivity index (χ1v) is 12.1. The second-order valence-electron chi connectivity index (χ2n) is 8.85. The van der Waals surface area contributed by atoms with Crippen molar-refractivity contribution in [2.75, 3.05) is 0 Å². The van der Waals surface area contributed by atoms with Crippen molar-refractivity contribution in [3.05, 3.63) is 107 Å². The summed E-state index contributed by atoms with van der Waals surface area (Å²) in [6.07, 6.45) is 0.0362. The molecule has 0 unspecified atom stereocenters. The molecule has 8 N–H and O–H groups in total. The van der Waals surface area contributed by atoms with Gasteiger partial charge in [-0.3, -0.25) is 0 Å². The van der Waals surface area contributed by atoms with Crippen LogP contribution in [0.4, 0.5) is 0 Å². The summed E-state index contributed by atoms with van der Waals surface area (Å²) in [5.74, 6) is 0.0344. The minimum absolute atomic E-state index is 0.0471. The Kier molecular flexibility index (Phi) is 9.81. The molecular formula is C30H32O8. The SMILES string of the molecule is Oc1ccc([C@@H](O)CCc2ccccc2O)c(O)c1.Oc1ccc([C@H](O)CCc2ccccc2O)c(O)c1. The molecule has 2 atom stereocenters. The Balaban J connectivity index is 0.000000211. The Morgan fingerprint density at radius 1 is 0.447 bits per heavy atom. The molecule has 8 heteroatoms. The molecule has 0 aliphatic rings. The second-order valence-corrected chi connectivity index (χ2v) is 8.85. The van der Waals surface area contributed by atoms with Crippen LogP contribution >= 0.6 is 0 Å². The molecule has 0 aromatic heterocycles. The molecule has 0 bridgehead atoms. The monoisotopic (exact) mass is 520 g/mol. The summed E-state index contributed by atoms with van der Waals surface area (Å²) in [5.41, 5.74) is 2.24. The zero-order valence-corrected chi connectivity index (χ0v) is 20.6. The van der Waals surface area contributed by atoms with Gasteiger partial charge in [0.15, 0.2) is 0 Å². The van der Waals surface area contributed by atoms with E-state index in [9.17, 15) is 40.9 Å². The van der Waals surface area contributed by atoms with Gasteiger partial charge in [-0.25, -0.2) is 0 Å². The molecule has 0 amide bonds. The van der Waals surface area contributed by atoms with Gasteiger partial charge in [-0.2, -0.15) is 0 Å². The Bertz CT molecular complexity index is 1230. The lowest BCUT2D eigenvalue weighted by molar-refractivity contribution is 0.163. The van der Waals surface area contributed by atoms with Crippen LogP contribution in [0.5, 0.6) is 34.5 Å². The third-order valence-electron chi connectivity index (χ3n) is 6.10. The van der Waals surface area contributed by atoms with Crippen molar-refractivity contribution in [3.8, 4) is 34.5 Å². The van der Waals surface area contributed by atoms with E-state index in [1.165, 1.54) is 36.4 Å². The summed E-state index contributed by atoms with van der Waals surface area (Å²) in [5, 5.41) is 77.0. The van der Waals surface area contributed by atoms with Crippen LogP contribution in [0, 0.1) is 0 Å². The number of para-hydroxylation sites is 2. The molecule has 0 radical (unpaired) electrons. The predicted molar refractivity (Wildman–Crippen MR) is 142 cm³/mol. The van der Waals surface area contributed by atoms with Gasteiger partial charge in [0.2, 0.25) is 0 Å². The number of aryl methyl sites for hydroxylation is 2. The van der Waals surface area contributed by atoms with Crippen molar-refractivity contribution in [3.63, 3.8) is 0 Å². The summed E-state index contributed by atoms with van der Waals surface area (Å²) < 4.78 is 0. The molecule has 0 aliphatic heterocycles. The largest absolute Gasteiger partial charge is 0.508 e. The van der Waals surface area contributed by atoms with E-state index in [1.54, 1.807) is 36.4 Å². The second kappa shape index (κ2) is 13.2. The molecule has 4 aromatic rings. The highest BCUT2D eigenvalue weighted by Crippen LogP contribution is 2.32. The van der Waals surface area contributed by atoms with Gasteiger partial charge in [-0.05, 0) is 73.2 Å². The van der Waals surface area contributed by atoms with Crippen LogP contribution in [-0.2, 0) is 12.8 Å². The van der Waals surface area contributed by atoms with Crippen molar-refractivity contribution in [1.29, 1.82) is 0 Å². The van der Waals surface area contributed by atoms with Crippen molar-refractivity contribution in [2.24, 2.45) is 0 Å². The number of hydrogen-bond donors (Lipinski definition) is 8. The third kappa shape index (κ3) is 7.80. The number of benzene rings is 4. The van der Waals surface area contributed by atoms with Crippen molar-refractivity contribution in [1.82, 2.24) is 0 Å². The molecule has 0 saturated carbocycles. The molecule has 0 heterocycles. The normalized spacial score (nSPS) is 12.3. The Morgan fingerprint density at radius 2 is 0.816 bits per heavy atom. The zero-order valence-electron chi connectivity index (χ0n) is 20.6. The number of aliphatic hydroxyl groups is 2. The molecular weight excluding hydrogens is 488 g/mol. The van der Waals surface area contributed by atoms with E-state index in [4.69, 9.17) is 0 Å². The first kappa shape index (κ1) is 28.2. The maximum atomic E-state index is 10.0. The quantitative estimate of drug-likeness (QED) is 0.162. The minimum atomic E-state index is -0.847. The van der Waals surface area contributed by atoms with Gasteiger partial charge >= 0.3 is 0 Å². The fourth-order valence-corrected chi connectivity index (χ4v) is 3.97. The summed E-state index contributed by atoms with van der Waals surface area (Å²) >= 11 is 0. The average Bonchev–Trinajstić information content (AvgIpc) is 2.88. The standard InChI is InChI=1S/2C15H16O4/c2*16-11-6-7-12(15(19)9-11)14(18)8-5-10-3-1-2-4-13(10)17/h2*1-4,6-7,9,14,16-19H,5,8H2/t2*14-/m10/s1. The van der Waals surface area contributed by atoms with Gasteiger partial charge in [0, 0.05) is 23.3 Å².